The highest BCUT2D eigenvalue weighted by molar-refractivity contribution is 9.10. The third kappa shape index (κ3) is 7.46. The molecule has 2 rings (SSSR count). The van der Waals surface area contributed by atoms with Gasteiger partial charge in [0.2, 0.25) is 0 Å². The lowest BCUT2D eigenvalue weighted by atomic mass is 10.0. The number of halogens is 1. The Bertz CT molecular complexity index is 651. The number of unbranched alkanes of at least 4 members (excludes halogenated alkanes) is 10. The second-order valence-electron chi connectivity index (χ2n) is 8.21. The SMILES string of the molecule is CCCCCCCCc1nc2c(C)ccc(Br)c2nc1CCCCCCCC. The van der Waals surface area contributed by atoms with Gasteiger partial charge < -0.3 is 0 Å². The number of aryl methyl sites for hydroxylation is 3. The lowest BCUT2D eigenvalue weighted by Crippen LogP contribution is -2.05. The van der Waals surface area contributed by atoms with Gasteiger partial charge in [-0.1, -0.05) is 84.1 Å². The van der Waals surface area contributed by atoms with Crippen LogP contribution in [-0.2, 0) is 12.8 Å². The number of benzene rings is 1. The van der Waals surface area contributed by atoms with Crippen molar-refractivity contribution in [3.05, 3.63) is 33.6 Å². The first-order valence-electron chi connectivity index (χ1n) is 11.6. The average Bonchev–Trinajstić information content (AvgIpc) is 2.70. The van der Waals surface area contributed by atoms with Crippen molar-refractivity contribution in [2.24, 2.45) is 0 Å². The minimum absolute atomic E-state index is 1.03. The molecule has 0 spiro atoms. The molecule has 0 saturated carbocycles. The lowest BCUT2D eigenvalue weighted by Gasteiger charge is -2.12. The number of fused-ring (bicyclic) bond motifs is 1. The van der Waals surface area contributed by atoms with E-state index in [9.17, 15) is 0 Å². The van der Waals surface area contributed by atoms with Crippen LogP contribution in [-0.4, -0.2) is 9.97 Å². The molecule has 0 atom stereocenters. The van der Waals surface area contributed by atoms with E-state index >= 15 is 0 Å². The fourth-order valence-electron chi connectivity index (χ4n) is 3.85. The van der Waals surface area contributed by atoms with Crippen LogP contribution in [0.15, 0.2) is 16.6 Å². The van der Waals surface area contributed by atoms with Crippen molar-refractivity contribution < 1.29 is 0 Å². The Hall–Kier alpha value is -0.960. The van der Waals surface area contributed by atoms with Crippen molar-refractivity contribution >= 4 is 27.0 Å². The second-order valence-corrected chi connectivity index (χ2v) is 9.07. The summed E-state index contributed by atoms with van der Waals surface area (Å²) in [6.07, 6.45) is 18.0. The summed E-state index contributed by atoms with van der Waals surface area (Å²) in [4.78, 5) is 10.2. The van der Waals surface area contributed by atoms with E-state index in [1.54, 1.807) is 0 Å². The van der Waals surface area contributed by atoms with Gasteiger partial charge in [-0.25, -0.2) is 9.97 Å². The first-order valence-corrected chi connectivity index (χ1v) is 12.4. The summed E-state index contributed by atoms with van der Waals surface area (Å²) in [6, 6.07) is 4.25. The normalized spacial score (nSPS) is 11.4. The van der Waals surface area contributed by atoms with Crippen LogP contribution >= 0.6 is 15.9 Å². The number of aromatic nitrogens is 2. The Morgan fingerprint density at radius 3 is 1.64 bits per heavy atom. The third-order valence-corrected chi connectivity index (χ3v) is 6.30. The van der Waals surface area contributed by atoms with Gasteiger partial charge in [-0.05, 0) is 60.2 Å². The molecule has 1 aromatic heterocycles. The summed E-state index contributed by atoms with van der Waals surface area (Å²) in [5, 5.41) is 0. The minimum Gasteiger partial charge on any atom is -0.249 e. The van der Waals surface area contributed by atoms with Crippen LogP contribution in [0.2, 0.25) is 0 Å². The largest absolute Gasteiger partial charge is 0.249 e. The molecule has 0 aliphatic rings. The summed E-state index contributed by atoms with van der Waals surface area (Å²) >= 11 is 3.69. The molecule has 0 N–H and O–H groups in total. The van der Waals surface area contributed by atoms with Gasteiger partial charge >= 0.3 is 0 Å². The maximum atomic E-state index is 5.11. The third-order valence-electron chi connectivity index (χ3n) is 5.66. The molecule has 0 bridgehead atoms. The standard InChI is InChI=1S/C25H39BrN2/c1-4-6-8-10-12-14-16-22-23(17-15-13-11-9-7-5-2)28-25-21(26)19-18-20(3)24(25)27-22/h18-19H,4-17H2,1-3H3. The fourth-order valence-corrected chi connectivity index (χ4v) is 4.26. The quantitative estimate of drug-likeness (QED) is 0.271. The molecule has 0 amide bonds. The fraction of sp³-hybridized carbons (Fsp3) is 0.680. The van der Waals surface area contributed by atoms with Crippen LogP contribution in [0.5, 0.6) is 0 Å². The number of nitrogens with zero attached hydrogens (tertiary/aromatic N) is 2. The molecule has 0 radical (unpaired) electrons. The zero-order valence-corrected chi connectivity index (χ0v) is 19.9. The highest BCUT2D eigenvalue weighted by Gasteiger charge is 2.12. The zero-order chi connectivity index (χ0) is 20.2. The smallest absolute Gasteiger partial charge is 0.103 e. The maximum absolute atomic E-state index is 5.11. The van der Waals surface area contributed by atoms with Gasteiger partial charge in [0.1, 0.15) is 5.52 Å². The van der Waals surface area contributed by atoms with Crippen LogP contribution in [0.1, 0.15) is 108 Å². The summed E-state index contributed by atoms with van der Waals surface area (Å²) in [5.74, 6) is 0. The van der Waals surface area contributed by atoms with Gasteiger partial charge in [-0.3, -0.25) is 0 Å². The topological polar surface area (TPSA) is 25.8 Å². The monoisotopic (exact) mass is 446 g/mol. The first kappa shape index (κ1) is 23.3. The number of hydrogen-bond acceptors (Lipinski definition) is 2. The summed E-state index contributed by atoms with van der Waals surface area (Å²) in [7, 11) is 0. The van der Waals surface area contributed by atoms with Gasteiger partial charge in [0.05, 0.1) is 16.9 Å². The Morgan fingerprint density at radius 2 is 1.11 bits per heavy atom. The van der Waals surface area contributed by atoms with E-state index in [1.807, 2.05) is 0 Å². The maximum Gasteiger partial charge on any atom is 0.103 e. The molecule has 0 unspecified atom stereocenters. The van der Waals surface area contributed by atoms with Gasteiger partial charge in [-0.15, -0.1) is 0 Å². The molecule has 28 heavy (non-hydrogen) atoms. The molecule has 0 aliphatic carbocycles. The van der Waals surface area contributed by atoms with Crippen LogP contribution in [0.4, 0.5) is 0 Å². The highest BCUT2D eigenvalue weighted by atomic mass is 79.9. The summed E-state index contributed by atoms with van der Waals surface area (Å²) < 4.78 is 1.07. The predicted octanol–water partition coefficient (Wildman–Crippen LogP) is 8.51. The van der Waals surface area contributed by atoms with E-state index in [-0.39, 0.29) is 0 Å². The first-order chi connectivity index (χ1) is 13.7. The zero-order valence-electron chi connectivity index (χ0n) is 18.3. The Balaban J connectivity index is 2.05. The van der Waals surface area contributed by atoms with Crippen molar-refractivity contribution in [3.8, 4) is 0 Å². The number of hydrogen-bond donors (Lipinski definition) is 0. The molecule has 3 heteroatoms. The van der Waals surface area contributed by atoms with Gasteiger partial charge in [0.25, 0.3) is 0 Å². The summed E-state index contributed by atoms with van der Waals surface area (Å²) in [5.41, 5.74) is 5.82. The van der Waals surface area contributed by atoms with Crippen molar-refractivity contribution in [1.29, 1.82) is 0 Å². The predicted molar refractivity (Wildman–Crippen MR) is 126 cm³/mol. The Kier molecular flexibility index (Phi) is 11.1. The molecule has 2 aromatic rings. The minimum atomic E-state index is 1.03. The molecule has 0 saturated heterocycles. The van der Waals surface area contributed by atoms with E-state index < -0.39 is 0 Å². The van der Waals surface area contributed by atoms with Crippen LogP contribution in [0.25, 0.3) is 11.0 Å². The van der Waals surface area contributed by atoms with Gasteiger partial charge in [-0.2, -0.15) is 0 Å². The van der Waals surface area contributed by atoms with E-state index in [2.05, 4.69) is 48.8 Å². The molecular weight excluding hydrogens is 408 g/mol. The van der Waals surface area contributed by atoms with Crippen molar-refractivity contribution in [1.82, 2.24) is 9.97 Å². The van der Waals surface area contributed by atoms with E-state index in [0.717, 1.165) is 28.3 Å². The Morgan fingerprint density at radius 1 is 0.643 bits per heavy atom. The average molecular weight is 448 g/mol. The molecule has 2 nitrogen and oxygen atoms in total. The van der Waals surface area contributed by atoms with E-state index in [1.165, 1.54) is 94.0 Å². The lowest BCUT2D eigenvalue weighted by molar-refractivity contribution is 0.593. The second kappa shape index (κ2) is 13.3. The Labute approximate surface area is 181 Å². The van der Waals surface area contributed by atoms with Gasteiger partial charge in [0.15, 0.2) is 0 Å². The number of rotatable bonds is 14. The van der Waals surface area contributed by atoms with Crippen LogP contribution in [0, 0.1) is 6.92 Å². The van der Waals surface area contributed by atoms with E-state index in [4.69, 9.17) is 9.97 Å². The molecular formula is C25H39BrN2. The van der Waals surface area contributed by atoms with Crippen LogP contribution in [0.3, 0.4) is 0 Å². The molecule has 0 fully saturated rings. The summed E-state index contributed by atoms with van der Waals surface area (Å²) in [6.45, 7) is 6.70. The van der Waals surface area contributed by atoms with Crippen molar-refractivity contribution in [3.63, 3.8) is 0 Å². The molecule has 0 aliphatic heterocycles. The van der Waals surface area contributed by atoms with E-state index in [0.29, 0.717) is 0 Å². The molecule has 1 aromatic carbocycles. The van der Waals surface area contributed by atoms with Crippen molar-refractivity contribution in [2.45, 2.75) is 111 Å². The molecule has 156 valence electrons. The van der Waals surface area contributed by atoms with Crippen LogP contribution < -0.4 is 0 Å². The van der Waals surface area contributed by atoms with Gasteiger partial charge in [0, 0.05) is 4.47 Å². The highest BCUT2D eigenvalue weighted by Crippen LogP contribution is 2.26. The molecule has 1 heterocycles. The van der Waals surface area contributed by atoms with Crippen molar-refractivity contribution in [2.75, 3.05) is 0 Å².